The van der Waals surface area contributed by atoms with Crippen molar-refractivity contribution in [2.24, 2.45) is 11.8 Å². The SMILES string of the molecule is CC(Cn1cc(Cl)cn1)C(=O)N1CCCC(C(=O)N2CCCCCC2)C1. The van der Waals surface area contributed by atoms with Gasteiger partial charge in [0.05, 0.1) is 29.6 Å². The minimum Gasteiger partial charge on any atom is -0.342 e. The summed E-state index contributed by atoms with van der Waals surface area (Å²) < 4.78 is 1.70. The molecule has 0 N–H and O–H groups in total. The highest BCUT2D eigenvalue weighted by Crippen LogP contribution is 2.22. The van der Waals surface area contributed by atoms with Crippen LogP contribution in [0.25, 0.3) is 0 Å². The van der Waals surface area contributed by atoms with Crippen molar-refractivity contribution in [1.82, 2.24) is 19.6 Å². The summed E-state index contributed by atoms with van der Waals surface area (Å²) in [5.41, 5.74) is 0. The van der Waals surface area contributed by atoms with Crippen LogP contribution in [0, 0.1) is 11.8 Å². The fraction of sp³-hybridized carbons (Fsp3) is 0.737. The third-order valence-electron chi connectivity index (χ3n) is 5.48. The summed E-state index contributed by atoms with van der Waals surface area (Å²) in [4.78, 5) is 29.6. The van der Waals surface area contributed by atoms with Crippen molar-refractivity contribution in [3.05, 3.63) is 17.4 Å². The second-order valence-electron chi connectivity index (χ2n) is 7.64. The van der Waals surface area contributed by atoms with Crippen molar-refractivity contribution in [3.63, 3.8) is 0 Å². The van der Waals surface area contributed by atoms with Crippen molar-refractivity contribution in [3.8, 4) is 0 Å². The molecular weight excluding hydrogens is 352 g/mol. The van der Waals surface area contributed by atoms with Crippen LogP contribution in [0.5, 0.6) is 0 Å². The van der Waals surface area contributed by atoms with Gasteiger partial charge >= 0.3 is 0 Å². The second-order valence-corrected chi connectivity index (χ2v) is 8.08. The third-order valence-corrected chi connectivity index (χ3v) is 5.68. The Morgan fingerprint density at radius 2 is 1.85 bits per heavy atom. The zero-order valence-electron chi connectivity index (χ0n) is 15.6. The Kier molecular flexibility index (Phi) is 6.57. The van der Waals surface area contributed by atoms with Gasteiger partial charge in [-0.3, -0.25) is 14.3 Å². The number of aromatic nitrogens is 2. The second kappa shape index (κ2) is 8.89. The minimum absolute atomic E-state index is 0.0443. The molecule has 0 radical (unpaired) electrons. The summed E-state index contributed by atoms with van der Waals surface area (Å²) in [5.74, 6) is 0.121. The fourth-order valence-electron chi connectivity index (χ4n) is 4.04. The van der Waals surface area contributed by atoms with E-state index in [0.717, 1.165) is 45.3 Å². The van der Waals surface area contributed by atoms with Crippen LogP contribution >= 0.6 is 11.6 Å². The molecule has 0 spiro atoms. The molecule has 0 aromatic carbocycles. The van der Waals surface area contributed by atoms with Gasteiger partial charge in [0.25, 0.3) is 0 Å². The van der Waals surface area contributed by atoms with E-state index in [2.05, 4.69) is 5.10 Å². The molecular formula is C19H29ClN4O2. The highest BCUT2D eigenvalue weighted by atomic mass is 35.5. The molecule has 2 unspecified atom stereocenters. The average Bonchev–Trinajstić information content (AvgIpc) is 2.89. The lowest BCUT2D eigenvalue weighted by atomic mass is 9.95. The summed E-state index contributed by atoms with van der Waals surface area (Å²) >= 11 is 5.89. The molecule has 7 heteroatoms. The lowest BCUT2D eigenvalue weighted by Crippen LogP contribution is -2.48. The molecule has 2 atom stereocenters. The molecule has 26 heavy (non-hydrogen) atoms. The zero-order valence-corrected chi connectivity index (χ0v) is 16.3. The van der Waals surface area contributed by atoms with Crippen molar-refractivity contribution in [2.45, 2.75) is 52.0 Å². The Bertz CT molecular complexity index is 625. The summed E-state index contributed by atoms with van der Waals surface area (Å²) in [6.45, 7) is 5.47. The number of carbonyl (C=O) groups excluding carboxylic acids is 2. The van der Waals surface area contributed by atoms with Crippen molar-refractivity contribution in [1.29, 1.82) is 0 Å². The molecule has 3 rings (SSSR count). The molecule has 3 heterocycles. The topological polar surface area (TPSA) is 58.4 Å². The van der Waals surface area contributed by atoms with E-state index in [1.807, 2.05) is 16.7 Å². The van der Waals surface area contributed by atoms with Gasteiger partial charge in [0.1, 0.15) is 0 Å². The molecule has 1 aromatic rings. The molecule has 2 aliphatic rings. The van der Waals surface area contributed by atoms with Gasteiger partial charge < -0.3 is 9.80 Å². The summed E-state index contributed by atoms with van der Waals surface area (Å²) in [7, 11) is 0. The fourth-order valence-corrected chi connectivity index (χ4v) is 4.19. The third kappa shape index (κ3) is 4.78. The maximum Gasteiger partial charge on any atom is 0.227 e. The Hall–Kier alpha value is -1.56. The number of carbonyl (C=O) groups is 2. The van der Waals surface area contributed by atoms with E-state index in [4.69, 9.17) is 11.6 Å². The monoisotopic (exact) mass is 380 g/mol. The van der Waals surface area contributed by atoms with Crippen molar-refractivity contribution >= 4 is 23.4 Å². The van der Waals surface area contributed by atoms with Gasteiger partial charge in [0.15, 0.2) is 0 Å². The summed E-state index contributed by atoms with van der Waals surface area (Å²) in [5, 5.41) is 4.72. The van der Waals surface area contributed by atoms with Gasteiger partial charge in [-0.05, 0) is 25.7 Å². The number of piperidine rings is 1. The minimum atomic E-state index is -0.182. The molecule has 1 aromatic heterocycles. The van der Waals surface area contributed by atoms with Crippen LogP contribution in [-0.2, 0) is 16.1 Å². The van der Waals surface area contributed by atoms with Crippen LogP contribution in [0.4, 0.5) is 0 Å². The molecule has 2 saturated heterocycles. The Morgan fingerprint density at radius 3 is 2.50 bits per heavy atom. The quantitative estimate of drug-likeness (QED) is 0.807. The number of likely N-dealkylation sites (tertiary alicyclic amines) is 2. The molecule has 0 saturated carbocycles. The normalized spacial score (nSPS) is 22.8. The van der Waals surface area contributed by atoms with Crippen LogP contribution in [0.3, 0.4) is 0 Å². The Morgan fingerprint density at radius 1 is 1.15 bits per heavy atom. The van der Waals surface area contributed by atoms with E-state index in [1.165, 1.54) is 12.8 Å². The van der Waals surface area contributed by atoms with Crippen LogP contribution < -0.4 is 0 Å². The predicted molar refractivity (Wildman–Crippen MR) is 101 cm³/mol. The van der Waals surface area contributed by atoms with Crippen LogP contribution in [-0.4, -0.2) is 57.6 Å². The Labute approximate surface area is 160 Å². The Balaban J connectivity index is 1.56. The average molecular weight is 381 g/mol. The largest absolute Gasteiger partial charge is 0.342 e. The number of hydrogen-bond acceptors (Lipinski definition) is 3. The maximum absolute atomic E-state index is 12.9. The first-order valence-electron chi connectivity index (χ1n) is 9.80. The van der Waals surface area contributed by atoms with Gasteiger partial charge in [-0.1, -0.05) is 31.4 Å². The van der Waals surface area contributed by atoms with E-state index >= 15 is 0 Å². The molecule has 2 fully saturated rings. The number of hydrogen-bond donors (Lipinski definition) is 0. The van der Waals surface area contributed by atoms with E-state index in [0.29, 0.717) is 18.1 Å². The van der Waals surface area contributed by atoms with Gasteiger partial charge in [0.2, 0.25) is 11.8 Å². The highest BCUT2D eigenvalue weighted by Gasteiger charge is 2.32. The standard InChI is InChI=1S/C19H29ClN4O2/c1-15(12-24-14-17(20)11-21-24)18(25)23-10-6-7-16(13-23)19(26)22-8-4-2-3-5-9-22/h11,14-16H,2-10,12-13H2,1H3. The highest BCUT2D eigenvalue weighted by molar-refractivity contribution is 6.30. The molecule has 0 aliphatic carbocycles. The molecule has 2 amide bonds. The summed E-state index contributed by atoms with van der Waals surface area (Å²) in [6.07, 6.45) is 9.73. The number of halogens is 1. The smallest absolute Gasteiger partial charge is 0.227 e. The zero-order chi connectivity index (χ0) is 18.5. The lowest BCUT2D eigenvalue weighted by molar-refractivity contribution is -0.142. The van der Waals surface area contributed by atoms with Gasteiger partial charge in [0, 0.05) is 32.4 Å². The van der Waals surface area contributed by atoms with E-state index in [1.54, 1.807) is 17.1 Å². The molecule has 144 valence electrons. The van der Waals surface area contributed by atoms with Gasteiger partial charge in [-0.2, -0.15) is 5.10 Å². The van der Waals surface area contributed by atoms with Crippen molar-refractivity contribution in [2.75, 3.05) is 26.2 Å². The first kappa shape index (κ1) is 19.2. The molecule has 2 aliphatic heterocycles. The number of amides is 2. The van der Waals surface area contributed by atoms with E-state index < -0.39 is 0 Å². The molecule has 0 bridgehead atoms. The summed E-state index contributed by atoms with van der Waals surface area (Å²) in [6, 6.07) is 0. The first-order chi connectivity index (χ1) is 12.5. The van der Waals surface area contributed by atoms with Crippen molar-refractivity contribution < 1.29 is 9.59 Å². The van der Waals surface area contributed by atoms with Crippen LogP contribution in [0.1, 0.15) is 45.4 Å². The van der Waals surface area contributed by atoms with Crippen LogP contribution in [0.2, 0.25) is 5.02 Å². The van der Waals surface area contributed by atoms with E-state index in [-0.39, 0.29) is 23.7 Å². The first-order valence-corrected chi connectivity index (χ1v) is 10.2. The maximum atomic E-state index is 12.9. The lowest BCUT2D eigenvalue weighted by Gasteiger charge is -2.36. The predicted octanol–water partition coefficient (Wildman–Crippen LogP) is 2.81. The number of nitrogens with zero attached hydrogens (tertiary/aromatic N) is 4. The van der Waals surface area contributed by atoms with Crippen LogP contribution in [0.15, 0.2) is 12.4 Å². The van der Waals surface area contributed by atoms with Gasteiger partial charge in [-0.15, -0.1) is 0 Å². The number of rotatable bonds is 4. The van der Waals surface area contributed by atoms with E-state index in [9.17, 15) is 9.59 Å². The van der Waals surface area contributed by atoms with Gasteiger partial charge in [-0.25, -0.2) is 0 Å². The molecule has 6 nitrogen and oxygen atoms in total.